The highest BCUT2D eigenvalue weighted by molar-refractivity contribution is 5.84. The van der Waals surface area contributed by atoms with Crippen molar-refractivity contribution in [3.05, 3.63) is 11.9 Å². The highest BCUT2D eigenvalue weighted by Crippen LogP contribution is 2.17. The first-order valence-electron chi connectivity index (χ1n) is 5.54. The standard InChI is InChI=1S/C10H16N4O2/c1-2-13-4-3-8(5-13)6-14-7-9(10(15)16)11-12-14/h7-8H,2-6H2,1H3,(H,15,16)/t8-/m1/s1. The fourth-order valence-corrected chi connectivity index (χ4v) is 2.10. The quantitative estimate of drug-likeness (QED) is 0.797. The van der Waals surface area contributed by atoms with E-state index in [1.807, 2.05) is 0 Å². The van der Waals surface area contributed by atoms with E-state index in [1.54, 1.807) is 4.68 Å². The molecule has 1 aliphatic heterocycles. The van der Waals surface area contributed by atoms with Crippen molar-refractivity contribution in [1.29, 1.82) is 0 Å². The average molecular weight is 224 g/mol. The van der Waals surface area contributed by atoms with Crippen LogP contribution in [0, 0.1) is 5.92 Å². The van der Waals surface area contributed by atoms with Crippen molar-refractivity contribution in [3.63, 3.8) is 0 Å². The van der Waals surface area contributed by atoms with E-state index in [0.29, 0.717) is 5.92 Å². The van der Waals surface area contributed by atoms with E-state index < -0.39 is 5.97 Å². The molecule has 88 valence electrons. The van der Waals surface area contributed by atoms with Crippen molar-refractivity contribution in [3.8, 4) is 0 Å². The normalized spacial score (nSPS) is 21.4. The third-order valence-corrected chi connectivity index (χ3v) is 3.02. The Morgan fingerprint density at radius 3 is 3.06 bits per heavy atom. The van der Waals surface area contributed by atoms with Crippen LogP contribution < -0.4 is 0 Å². The van der Waals surface area contributed by atoms with E-state index >= 15 is 0 Å². The Hall–Kier alpha value is -1.43. The Morgan fingerprint density at radius 2 is 2.50 bits per heavy atom. The van der Waals surface area contributed by atoms with Gasteiger partial charge < -0.3 is 10.0 Å². The van der Waals surface area contributed by atoms with Crippen LogP contribution in [0.3, 0.4) is 0 Å². The number of aromatic carboxylic acids is 1. The van der Waals surface area contributed by atoms with E-state index in [9.17, 15) is 4.79 Å². The summed E-state index contributed by atoms with van der Waals surface area (Å²) in [7, 11) is 0. The third kappa shape index (κ3) is 2.38. The van der Waals surface area contributed by atoms with Crippen molar-refractivity contribution in [2.75, 3.05) is 19.6 Å². The lowest BCUT2D eigenvalue weighted by Gasteiger charge is -2.12. The highest BCUT2D eigenvalue weighted by atomic mass is 16.4. The van der Waals surface area contributed by atoms with Crippen LogP contribution in [0.2, 0.25) is 0 Å². The molecule has 0 saturated carbocycles. The summed E-state index contributed by atoms with van der Waals surface area (Å²) >= 11 is 0. The number of carboxylic acid groups (broad SMARTS) is 1. The molecule has 1 fully saturated rings. The average Bonchev–Trinajstić information content (AvgIpc) is 2.87. The van der Waals surface area contributed by atoms with E-state index in [0.717, 1.165) is 32.6 Å². The molecule has 1 N–H and O–H groups in total. The largest absolute Gasteiger partial charge is 0.476 e. The summed E-state index contributed by atoms with van der Waals surface area (Å²) in [6.07, 6.45) is 2.65. The summed E-state index contributed by atoms with van der Waals surface area (Å²) in [6.45, 7) is 6.19. The van der Waals surface area contributed by atoms with Crippen LogP contribution in [-0.2, 0) is 6.54 Å². The zero-order valence-corrected chi connectivity index (χ0v) is 9.33. The van der Waals surface area contributed by atoms with Gasteiger partial charge in [0.2, 0.25) is 0 Å². The molecule has 0 unspecified atom stereocenters. The van der Waals surface area contributed by atoms with E-state index in [2.05, 4.69) is 22.1 Å². The van der Waals surface area contributed by atoms with Gasteiger partial charge in [-0.25, -0.2) is 4.79 Å². The molecular formula is C10H16N4O2. The minimum absolute atomic E-state index is 0.0188. The number of nitrogens with zero attached hydrogens (tertiary/aromatic N) is 4. The Bertz CT molecular complexity index is 377. The van der Waals surface area contributed by atoms with Gasteiger partial charge in [-0.1, -0.05) is 12.1 Å². The number of likely N-dealkylation sites (tertiary alicyclic amines) is 1. The number of rotatable bonds is 4. The smallest absolute Gasteiger partial charge is 0.358 e. The van der Waals surface area contributed by atoms with Gasteiger partial charge in [0.15, 0.2) is 5.69 Å². The summed E-state index contributed by atoms with van der Waals surface area (Å²) in [5.41, 5.74) is 0.0188. The molecule has 2 heterocycles. The maximum absolute atomic E-state index is 10.6. The lowest BCUT2D eigenvalue weighted by atomic mass is 10.1. The Labute approximate surface area is 93.9 Å². The van der Waals surface area contributed by atoms with Crippen LogP contribution in [-0.4, -0.2) is 50.6 Å². The van der Waals surface area contributed by atoms with Gasteiger partial charge >= 0.3 is 5.97 Å². The second-order valence-electron chi connectivity index (χ2n) is 4.18. The monoisotopic (exact) mass is 224 g/mol. The number of hydrogen-bond acceptors (Lipinski definition) is 4. The Kier molecular flexibility index (Phi) is 3.19. The van der Waals surface area contributed by atoms with Crippen molar-refractivity contribution in [2.24, 2.45) is 5.92 Å². The van der Waals surface area contributed by atoms with Crippen molar-refractivity contribution in [2.45, 2.75) is 19.9 Å². The first kappa shape index (κ1) is 11.1. The molecule has 6 nitrogen and oxygen atoms in total. The van der Waals surface area contributed by atoms with Gasteiger partial charge in [-0.2, -0.15) is 0 Å². The molecule has 1 aromatic rings. The molecule has 6 heteroatoms. The zero-order chi connectivity index (χ0) is 11.5. The van der Waals surface area contributed by atoms with Crippen LogP contribution in [0.4, 0.5) is 0 Å². The van der Waals surface area contributed by atoms with Gasteiger partial charge in [0.05, 0.1) is 6.20 Å². The number of carboxylic acids is 1. The molecule has 1 saturated heterocycles. The second kappa shape index (κ2) is 4.61. The lowest BCUT2D eigenvalue weighted by molar-refractivity contribution is 0.0690. The first-order valence-corrected chi connectivity index (χ1v) is 5.54. The summed E-state index contributed by atoms with van der Waals surface area (Å²) < 4.78 is 1.63. The lowest BCUT2D eigenvalue weighted by Crippen LogP contribution is -2.21. The van der Waals surface area contributed by atoms with Gasteiger partial charge in [0.25, 0.3) is 0 Å². The van der Waals surface area contributed by atoms with Gasteiger partial charge in [-0.05, 0) is 25.4 Å². The maximum atomic E-state index is 10.6. The summed E-state index contributed by atoms with van der Waals surface area (Å²) in [6, 6.07) is 0. The number of aromatic nitrogens is 3. The molecule has 0 bridgehead atoms. The van der Waals surface area contributed by atoms with Crippen LogP contribution in [0.25, 0.3) is 0 Å². The van der Waals surface area contributed by atoms with Crippen molar-refractivity contribution in [1.82, 2.24) is 19.9 Å². The van der Waals surface area contributed by atoms with Gasteiger partial charge in [0.1, 0.15) is 0 Å². The van der Waals surface area contributed by atoms with Crippen LogP contribution in [0.5, 0.6) is 0 Å². The van der Waals surface area contributed by atoms with Gasteiger partial charge in [-0.3, -0.25) is 4.68 Å². The predicted octanol–water partition coefficient (Wildman–Crippen LogP) is 0.318. The van der Waals surface area contributed by atoms with Gasteiger partial charge in [0, 0.05) is 13.1 Å². The van der Waals surface area contributed by atoms with Crippen LogP contribution >= 0.6 is 0 Å². The zero-order valence-electron chi connectivity index (χ0n) is 9.33. The van der Waals surface area contributed by atoms with E-state index in [-0.39, 0.29) is 5.69 Å². The predicted molar refractivity (Wildman–Crippen MR) is 57.2 cm³/mol. The molecule has 0 aliphatic carbocycles. The Balaban J connectivity index is 1.92. The van der Waals surface area contributed by atoms with Crippen molar-refractivity contribution >= 4 is 5.97 Å². The third-order valence-electron chi connectivity index (χ3n) is 3.02. The second-order valence-corrected chi connectivity index (χ2v) is 4.18. The summed E-state index contributed by atoms with van der Waals surface area (Å²) in [4.78, 5) is 13.0. The highest BCUT2D eigenvalue weighted by Gasteiger charge is 2.22. The molecule has 2 rings (SSSR count). The SMILES string of the molecule is CCN1CC[C@@H](Cn2cc(C(=O)O)nn2)C1. The first-order chi connectivity index (χ1) is 7.69. The molecule has 1 aliphatic rings. The topological polar surface area (TPSA) is 71.2 Å². The Morgan fingerprint density at radius 1 is 1.69 bits per heavy atom. The summed E-state index contributed by atoms with van der Waals surface area (Å²) in [5.74, 6) is -0.462. The minimum atomic E-state index is -1.02. The van der Waals surface area contributed by atoms with Gasteiger partial charge in [-0.15, -0.1) is 5.10 Å². The fourth-order valence-electron chi connectivity index (χ4n) is 2.10. The van der Waals surface area contributed by atoms with E-state index in [4.69, 9.17) is 5.11 Å². The van der Waals surface area contributed by atoms with Crippen LogP contribution in [0.1, 0.15) is 23.8 Å². The molecule has 0 amide bonds. The molecule has 0 aromatic carbocycles. The molecule has 1 aromatic heterocycles. The maximum Gasteiger partial charge on any atom is 0.358 e. The minimum Gasteiger partial charge on any atom is -0.476 e. The van der Waals surface area contributed by atoms with Crippen molar-refractivity contribution < 1.29 is 9.90 Å². The summed E-state index contributed by atoms with van der Waals surface area (Å²) in [5, 5.41) is 16.1. The molecule has 0 spiro atoms. The fraction of sp³-hybridized carbons (Fsp3) is 0.700. The number of hydrogen-bond donors (Lipinski definition) is 1. The molecule has 0 radical (unpaired) electrons. The van der Waals surface area contributed by atoms with E-state index in [1.165, 1.54) is 6.20 Å². The van der Waals surface area contributed by atoms with Crippen LogP contribution in [0.15, 0.2) is 6.20 Å². The molecule has 16 heavy (non-hydrogen) atoms. The molecular weight excluding hydrogens is 208 g/mol. The number of carbonyl (C=O) groups is 1. The molecule has 1 atom stereocenters.